The molecule has 0 radical (unpaired) electrons. The third-order valence-corrected chi connectivity index (χ3v) is 8.54. The normalized spacial score (nSPS) is 14.8. The molecule has 12 heteroatoms. The van der Waals surface area contributed by atoms with Crippen molar-refractivity contribution in [2.24, 2.45) is 11.8 Å². The Bertz CT molecular complexity index is 1190. The molecule has 0 aliphatic carbocycles. The number of aromatic nitrogens is 1. The summed E-state index contributed by atoms with van der Waals surface area (Å²) in [6, 6.07) is 7.88. The second-order valence-electron chi connectivity index (χ2n) is 11.2. The summed E-state index contributed by atoms with van der Waals surface area (Å²) in [5.41, 5.74) is 1.10. The molecule has 3 amide bonds. The molecule has 0 aliphatic heterocycles. The van der Waals surface area contributed by atoms with E-state index in [1.807, 2.05) is 58.0 Å². The van der Waals surface area contributed by atoms with Crippen LogP contribution >= 0.6 is 11.3 Å². The van der Waals surface area contributed by atoms with Crippen molar-refractivity contribution >= 4 is 35.0 Å². The number of carboxylic acid groups (broad SMARTS) is 1. The van der Waals surface area contributed by atoms with Gasteiger partial charge in [-0.3, -0.25) is 19.2 Å². The van der Waals surface area contributed by atoms with Crippen molar-refractivity contribution in [1.29, 1.82) is 0 Å². The van der Waals surface area contributed by atoms with Gasteiger partial charge in [0.15, 0.2) is 0 Å². The Kier molecular flexibility index (Phi) is 14.7. The molecule has 2 unspecified atom stereocenters. The van der Waals surface area contributed by atoms with E-state index in [0.717, 1.165) is 12.0 Å². The number of carboxylic acids is 1. The summed E-state index contributed by atoms with van der Waals surface area (Å²) in [5, 5.41) is 20.1. The van der Waals surface area contributed by atoms with Crippen LogP contribution in [0.2, 0.25) is 0 Å². The molecule has 0 spiro atoms. The Morgan fingerprint density at radius 3 is 2.33 bits per heavy atom. The van der Waals surface area contributed by atoms with E-state index in [1.165, 1.54) is 11.3 Å². The van der Waals surface area contributed by atoms with Crippen LogP contribution in [0.25, 0.3) is 0 Å². The lowest BCUT2D eigenvalue weighted by Gasteiger charge is -2.37. The standard InChI is InChI=1S/C31H47N5O6S/c1-8-20(4)28(35-26(37)17-32-5)31(41)36(6)24(19(2)3)16-25(42-7)30-34-23(18-43-30)29(40)33-22(15-27(38)39)14-21-12-10-9-11-13-21/h9-13,18-20,22,24-25,28,32H,8,14-17H2,1-7H3,(H,33,40)(H,35,37)(H,38,39)/t20?,22-,24+,25?,28-/m0/s1. The number of benzene rings is 1. The largest absolute Gasteiger partial charge is 0.481 e. The topological polar surface area (TPSA) is 150 Å². The van der Waals surface area contributed by atoms with E-state index >= 15 is 0 Å². The molecule has 2 rings (SSSR count). The zero-order valence-electron chi connectivity index (χ0n) is 26.3. The fraction of sp³-hybridized carbons (Fsp3) is 0.581. The minimum atomic E-state index is -1.00. The van der Waals surface area contributed by atoms with Crippen LogP contribution in [0.4, 0.5) is 0 Å². The fourth-order valence-electron chi connectivity index (χ4n) is 4.93. The predicted octanol–water partition coefficient (Wildman–Crippen LogP) is 3.27. The first-order valence-electron chi connectivity index (χ1n) is 14.7. The van der Waals surface area contributed by atoms with Crippen molar-refractivity contribution in [2.45, 2.75) is 77.6 Å². The van der Waals surface area contributed by atoms with E-state index in [0.29, 0.717) is 17.8 Å². The highest BCUT2D eigenvalue weighted by molar-refractivity contribution is 7.09. The van der Waals surface area contributed by atoms with E-state index in [1.54, 1.807) is 31.5 Å². The molecule has 4 N–H and O–H groups in total. The minimum absolute atomic E-state index is 0.0614. The molecule has 0 fully saturated rings. The third kappa shape index (κ3) is 11.0. The lowest BCUT2D eigenvalue weighted by molar-refractivity contribution is -0.140. The SMILES string of the molecule is CCC(C)[C@H](NC(=O)CNC)C(=O)N(C)[C@H](CC(OC)c1nc(C(=O)N[C@H](CC(=O)O)Cc2ccccc2)cs1)C(C)C. The maximum Gasteiger partial charge on any atom is 0.305 e. The van der Waals surface area contributed by atoms with Gasteiger partial charge in [0.2, 0.25) is 11.8 Å². The summed E-state index contributed by atoms with van der Waals surface area (Å²) >= 11 is 1.28. The quantitative estimate of drug-likeness (QED) is 0.199. The molecular formula is C31H47N5O6S. The lowest BCUT2D eigenvalue weighted by atomic mass is 9.93. The van der Waals surface area contributed by atoms with Crippen LogP contribution in [0.1, 0.15) is 74.1 Å². The molecule has 1 aromatic carbocycles. The van der Waals surface area contributed by atoms with Gasteiger partial charge in [-0.25, -0.2) is 4.98 Å². The zero-order valence-corrected chi connectivity index (χ0v) is 27.1. The van der Waals surface area contributed by atoms with Gasteiger partial charge in [0.05, 0.1) is 13.0 Å². The fourth-order valence-corrected chi connectivity index (χ4v) is 5.82. The first-order valence-corrected chi connectivity index (χ1v) is 15.5. The van der Waals surface area contributed by atoms with Crippen LogP contribution in [0, 0.1) is 11.8 Å². The van der Waals surface area contributed by atoms with Crippen molar-refractivity contribution in [3.05, 3.63) is 52.0 Å². The van der Waals surface area contributed by atoms with Crippen molar-refractivity contribution in [3.8, 4) is 0 Å². The summed E-state index contributed by atoms with van der Waals surface area (Å²) in [5.74, 6) is -1.87. The van der Waals surface area contributed by atoms with E-state index in [-0.39, 0.29) is 48.4 Å². The first-order chi connectivity index (χ1) is 20.4. The van der Waals surface area contributed by atoms with Gasteiger partial charge in [0.1, 0.15) is 22.8 Å². The Hall–Kier alpha value is -3.35. The number of methoxy groups -OCH3 is 1. The van der Waals surface area contributed by atoms with Crippen molar-refractivity contribution < 1.29 is 29.0 Å². The molecular weight excluding hydrogens is 570 g/mol. The van der Waals surface area contributed by atoms with Crippen molar-refractivity contribution in [2.75, 3.05) is 27.7 Å². The second-order valence-corrected chi connectivity index (χ2v) is 12.1. The first kappa shape index (κ1) is 35.8. The summed E-state index contributed by atoms with van der Waals surface area (Å²) < 4.78 is 5.80. The lowest BCUT2D eigenvalue weighted by Crippen LogP contribution is -2.55. The highest BCUT2D eigenvalue weighted by Crippen LogP contribution is 2.30. The minimum Gasteiger partial charge on any atom is -0.481 e. The van der Waals surface area contributed by atoms with E-state index in [2.05, 4.69) is 20.9 Å². The van der Waals surface area contributed by atoms with Gasteiger partial charge < -0.3 is 30.7 Å². The molecule has 11 nitrogen and oxygen atoms in total. The third-order valence-electron chi connectivity index (χ3n) is 7.60. The van der Waals surface area contributed by atoms with Gasteiger partial charge in [0, 0.05) is 38.0 Å². The second kappa shape index (κ2) is 17.7. The van der Waals surface area contributed by atoms with Crippen LogP contribution in [0.15, 0.2) is 35.7 Å². The molecule has 0 saturated heterocycles. The van der Waals surface area contributed by atoms with E-state index < -0.39 is 30.1 Å². The van der Waals surface area contributed by atoms with Crippen LogP contribution in [0.3, 0.4) is 0 Å². The Morgan fingerprint density at radius 2 is 1.77 bits per heavy atom. The van der Waals surface area contributed by atoms with Gasteiger partial charge >= 0.3 is 5.97 Å². The zero-order chi connectivity index (χ0) is 32.1. The van der Waals surface area contributed by atoms with Crippen LogP contribution in [-0.4, -0.2) is 84.6 Å². The number of carbonyl (C=O) groups excluding carboxylic acids is 3. The number of hydrogen-bond acceptors (Lipinski definition) is 8. The molecule has 238 valence electrons. The van der Waals surface area contributed by atoms with E-state index in [4.69, 9.17) is 4.74 Å². The van der Waals surface area contributed by atoms with Gasteiger partial charge in [-0.15, -0.1) is 11.3 Å². The molecule has 0 saturated carbocycles. The Morgan fingerprint density at radius 1 is 1.09 bits per heavy atom. The van der Waals surface area contributed by atoms with Gasteiger partial charge in [0.25, 0.3) is 5.91 Å². The smallest absolute Gasteiger partial charge is 0.305 e. The average Bonchev–Trinajstić information content (AvgIpc) is 3.46. The predicted molar refractivity (Wildman–Crippen MR) is 167 cm³/mol. The number of aliphatic carboxylic acids is 1. The number of carbonyl (C=O) groups is 4. The number of rotatable bonds is 18. The van der Waals surface area contributed by atoms with Crippen molar-refractivity contribution in [1.82, 2.24) is 25.8 Å². The van der Waals surface area contributed by atoms with E-state index in [9.17, 15) is 24.3 Å². The highest BCUT2D eigenvalue weighted by Gasteiger charge is 2.34. The highest BCUT2D eigenvalue weighted by atomic mass is 32.1. The molecule has 5 atom stereocenters. The number of hydrogen-bond donors (Lipinski definition) is 4. The van der Waals surface area contributed by atoms with Gasteiger partial charge in [-0.1, -0.05) is 64.4 Å². The number of ether oxygens (including phenoxy) is 1. The molecule has 0 aliphatic rings. The molecule has 1 heterocycles. The number of thiazole rings is 1. The average molecular weight is 618 g/mol. The molecule has 2 aromatic rings. The van der Waals surface area contributed by atoms with Crippen LogP contribution < -0.4 is 16.0 Å². The summed E-state index contributed by atoms with van der Waals surface area (Å²) in [7, 11) is 4.99. The summed E-state index contributed by atoms with van der Waals surface area (Å²) in [4.78, 5) is 56.8. The van der Waals surface area contributed by atoms with Crippen LogP contribution in [-0.2, 0) is 25.5 Å². The van der Waals surface area contributed by atoms with Crippen molar-refractivity contribution in [3.63, 3.8) is 0 Å². The molecule has 43 heavy (non-hydrogen) atoms. The van der Waals surface area contributed by atoms with Crippen LogP contribution in [0.5, 0.6) is 0 Å². The Balaban J connectivity index is 2.19. The monoisotopic (exact) mass is 617 g/mol. The van der Waals surface area contributed by atoms with Gasteiger partial charge in [-0.05, 0) is 30.9 Å². The molecule has 1 aromatic heterocycles. The Labute approximate surface area is 258 Å². The molecule has 0 bridgehead atoms. The number of likely N-dealkylation sites (N-methyl/N-ethyl adjacent to an activating group) is 2. The number of nitrogens with one attached hydrogen (secondary N) is 3. The maximum atomic E-state index is 13.7. The summed E-state index contributed by atoms with van der Waals surface area (Å²) in [6.07, 6.45) is 0.814. The number of amides is 3. The van der Waals surface area contributed by atoms with Gasteiger partial charge in [-0.2, -0.15) is 0 Å². The summed E-state index contributed by atoms with van der Waals surface area (Å²) in [6.45, 7) is 8.09. The maximum absolute atomic E-state index is 13.7. The number of nitrogens with zero attached hydrogens (tertiary/aromatic N) is 2.